The number of fused-ring (bicyclic) bond motifs is 2. The fraction of sp³-hybridized carbons (Fsp3) is 0.318. The Morgan fingerprint density at radius 3 is 1.78 bits per heavy atom. The molecule has 0 atom stereocenters. The molecule has 4 rings (SSSR count). The van der Waals surface area contributed by atoms with Crippen molar-refractivity contribution in [3.8, 4) is 0 Å². The lowest BCUT2D eigenvalue weighted by Gasteiger charge is -2.18. The molecule has 0 fully saturated rings. The van der Waals surface area contributed by atoms with Crippen LogP contribution in [-0.4, -0.2) is 5.71 Å². The molecule has 1 aliphatic carbocycles. The second kappa shape index (κ2) is 6.95. The molecular weight excluding hydrogens is 278 g/mol. The van der Waals surface area contributed by atoms with Crippen LogP contribution >= 0.6 is 0 Å². The molecule has 1 heterocycles. The minimum atomic E-state index is 1.06. The summed E-state index contributed by atoms with van der Waals surface area (Å²) in [5.41, 5.74) is 9.99. The molecule has 23 heavy (non-hydrogen) atoms. The van der Waals surface area contributed by atoms with E-state index in [1.54, 1.807) is 11.1 Å². The van der Waals surface area contributed by atoms with Gasteiger partial charge in [0.05, 0.1) is 5.69 Å². The molecule has 0 N–H and O–H groups in total. The van der Waals surface area contributed by atoms with Crippen molar-refractivity contribution in [1.82, 2.24) is 0 Å². The minimum absolute atomic E-state index is 1.06. The molecule has 0 spiro atoms. The van der Waals surface area contributed by atoms with Gasteiger partial charge < -0.3 is 0 Å². The summed E-state index contributed by atoms with van der Waals surface area (Å²) in [5.74, 6) is 0. The molecule has 118 valence electrons. The third-order valence-electron chi connectivity index (χ3n) is 4.83. The molecule has 1 nitrogen and oxygen atoms in total. The fourth-order valence-corrected chi connectivity index (χ4v) is 3.18. The van der Waals surface area contributed by atoms with Crippen LogP contribution in [0.4, 0.5) is 5.69 Å². The Kier molecular flexibility index (Phi) is 4.76. The van der Waals surface area contributed by atoms with E-state index in [9.17, 15) is 0 Å². The molecular formula is C22H25N. The first-order valence-electron chi connectivity index (χ1n) is 8.53. The van der Waals surface area contributed by atoms with Gasteiger partial charge in [-0.1, -0.05) is 60.5 Å². The van der Waals surface area contributed by atoms with Crippen molar-refractivity contribution < 1.29 is 0 Å². The summed E-state index contributed by atoms with van der Waals surface area (Å²) in [6.07, 6.45) is 4.45. The van der Waals surface area contributed by atoms with Gasteiger partial charge in [-0.15, -0.1) is 0 Å². The fourth-order valence-electron chi connectivity index (χ4n) is 3.18. The van der Waals surface area contributed by atoms with Crippen LogP contribution in [0.25, 0.3) is 0 Å². The van der Waals surface area contributed by atoms with Crippen LogP contribution < -0.4 is 0 Å². The van der Waals surface area contributed by atoms with Crippen LogP contribution in [0.15, 0.2) is 64.7 Å². The average Bonchev–Trinajstić information content (AvgIpc) is 3.00. The third kappa shape index (κ3) is 3.61. The van der Waals surface area contributed by atoms with Crippen molar-refractivity contribution in [3.63, 3.8) is 0 Å². The molecule has 0 amide bonds. The molecule has 0 unspecified atom stereocenters. The van der Waals surface area contributed by atoms with Crippen molar-refractivity contribution in [1.29, 1.82) is 0 Å². The zero-order chi connectivity index (χ0) is 16.2. The first-order chi connectivity index (χ1) is 11.2. The number of rotatable bonds is 1. The summed E-state index contributed by atoms with van der Waals surface area (Å²) in [6, 6.07) is 17.1. The van der Waals surface area contributed by atoms with Gasteiger partial charge in [0.25, 0.3) is 0 Å². The number of allylic oxidation sites excluding steroid dienone is 2. The van der Waals surface area contributed by atoms with Gasteiger partial charge in [0.1, 0.15) is 0 Å². The summed E-state index contributed by atoms with van der Waals surface area (Å²) in [6.45, 7) is 6.64. The van der Waals surface area contributed by atoms with Crippen LogP contribution in [0.2, 0.25) is 0 Å². The summed E-state index contributed by atoms with van der Waals surface area (Å²) in [4.78, 5) is 4.49. The Bertz CT molecular complexity index is 732. The quantitative estimate of drug-likeness (QED) is 0.586. The topological polar surface area (TPSA) is 12.4 Å². The maximum absolute atomic E-state index is 4.49. The number of hydrogen-bond acceptors (Lipinski definition) is 1. The molecule has 0 bridgehead atoms. The van der Waals surface area contributed by atoms with Gasteiger partial charge in [-0.25, -0.2) is 0 Å². The summed E-state index contributed by atoms with van der Waals surface area (Å²) >= 11 is 0. The second-order valence-electron chi connectivity index (χ2n) is 6.52. The van der Waals surface area contributed by atoms with Crippen molar-refractivity contribution >= 4 is 11.4 Å². The highest BCUT2D eigenvalue weighted by Gasteiger charge is 2.11. The predicted octanol–water partition coefficient (Wildman–Crippen LogP) is 5.85. The van der Waals surface area contributed by atoms with E-state index in [2.05, 4.69) is 68.2 Å². The van der Waals surface area contributed by atoms with Crippen LogP contribution in [-0.2, 0) is 19.3 Å². The maximum atomic E-state index is 4.49. The number of aliphatic imine (C=N–C) groups is 1. The zero-order valence-electron chi connectivity index (χ0n) is 14.4. The normalized spacial score (nSPS) is 15.3. The van der Waals surface area contributed by atoms with Crippen LogP contribution in [0.5, 0.6) is 0 Å². The summed E-state index contributed by atoms with van der Waals surface area (Å²) in [5, 5.41) is 0. The Morgan fingerprint density at radius 1 is 0.739 bits per heavy atom. The Balaban J connectivity index is 0.000000136. The number of benzene rings is 2. The van der Waals surface area contributed by atoms with E-state index >= 15 is 0 Å². The average molecular weight is 303 g/mol. The Hall–Kier alpha value is -2.15. The smallest absolute Gasteiger partial charge is 0.0664 e. The number of hydrogen-bond donors (Lipinski definition) is 0. The molecule has 1 aliphatic heterocycles. The molecule has 1 heteroatoms. The van der Waals surface area contributed by atoms with E-state index in [4.69, 9.17) is 0 Å². The van der Waals surface area contributed by atoms with Gasteiger partial charge in [-0.3, -0.25) is 4.99 Å². The third-order valence-corrected chi connectivity index (χ3v) is 4.83. The van der Waals surface area contributed by atoms with Gasteiger partial charge in [-0.2, -0.15) is 0 Å². The first-order valence-corrected chi connectivity index (χ1v) is 8.53. The van der Waals surface area contributed by atoms with Crippen LogP contribution in [0, 0.1) is 0 Å². The summed E-state index contributed by atoms with van der Waals surface area (Å²) < 4.78 is 0. The molecule has 0 saturated carbocycles. The summed E-state index contributed by atoms with van der Waals surface area (Å²) in [7, 11) is 0. The lowest BCUT2D eigenvalue weighted by molar-refractivity contribution is 0.952. The van der Waals surface area contributed by atoms with E-state index in [1.807, 2.05) is 6.07 Å². The highest BCUT2D eigenvalue weighted by atomic mass is 14.8. The van der Waals surface area contributed by atoms with Crippen molar-refractivity contribution in [2.24, 2.45) is 4.99 Å². The second-order valence-corrected chi connectivity index (χ2v) is 6.52. The van der Waals surface area contributed by atoms with E-state index in [1.165, 1.54) is 28.1 Å². The Labute approximate surface area is 139 Å². The molecule has 2 aliphatic rings. The van der Waals surface area contributed by atoms with Crippen LogP contribution in [0.3, 0.4) is 0 Å². The lowest BCUT2D eigenvalue weighted by atomic mass is 9.88. The van der Waals surface area contributed by atoms with Crippen LogP contribution in [0.1, 0.15) is 43.9 Å². The lowest BCUT2D eigenvalue weighted by Crippen LogP contribution is -2.04. The molecule has 0 saturated heterocycles. The van der Waals surface area contributed by atoms with Gasteiger partial charge in [0.2, 0.25) is 0 Å². The standard InChI is InChI=1S/C12H14.C10H11N/c1-9-7-11-5-3-4-6-12(11)8-10(9)2;1-2-9-7-8-5-3-4-6-10(8)11-9/h3-6H,7-8H2,1-2H3;3-6H,2,7H2,1H3. The van der Waals surface area contributed by atoms with E-state index in [-0.39, 0.29) is 0 Å². The van der Waals surface area contributed by atoms with Gasteiger partial charge in [0, 0.05) is 12.1 Å². The molecule has 0 radical (unpaired) electrons. The Morgan fingerprint density at radius 2 is 1.26 bits per heavy atom. The zero-order valence-corrected chi connectivity index (χ0v) is 14.4. The van der Waals surface area contributed by atoms with Crippen molar-refractivity contribution in [3.05, 3.63) is 76.4 Å². The van der Waals surface area contributed by atoms with Gasteiger partial charge in [-0.05, 0) is 55.9 Å². The van der Waals surface area contributed by atoms with Crippen molar-refractivity contribution in [2.45, 2.75) is 46.5 Å². The van der Waals surface area contributed by atoms with E-state index in [0.717, 1.165) is 25.7 Å². The first kappa shape index (κ1) is 15.7. The number of nitrogens with zero attached hydrogens (tertiary/aromatic N) is 1. The molecule has 0 aromatic heterocycles. The van der Waals surface area contributed by atoms with Gasteiger partial charge >= 0.3 is 0 Å². The number of para-hydroxylation sites is 1. The van der Waals surface area contributed by atoms with Crippen molar-refractivity contribution in [2.75, 3.05) is 0 Å². The van der Waals surface area contributed by atoms with E-state index in [0.29, 0.717) is 0 Å². The predicted molar refractivity (Wildman–Crippen MR) is 99.8 cm³/mol. The van der Waals surface area contributed by atoms with E-state index < -0.39 is 0 Å². The molecule has 2 aromatic rings. The largest absolute Gasteiger partial charge is 0.257 e. The SMILES string of the molecule is CC1=C(C)Cc2ccccc2C1.CCC1=Nc2ccccc2C1. The minimum Gasteiger partial charge on any atom is -0.257 e. The molecule has 2 aromatic carbocycles. The highest BCUT2D eigenvalue weighted by Crippen LogP contribution is 2.26. The highest BCUT2D eigenvalue weighted by molar-refractivity contribution is 5.93. The van der Waals surface area contributed by atoms with Gasteiger partial charge in [0.15, 0.2) is 0 Å². The maximum Gasteiger partial charge on any atom is 0.0664 e. The monoisotopic (exact) mass is 303 g/mol.